The van der Waals surface area contributed by atoms with Crippen LogP contribution in [0, 0.1) is 10.1 Å². The average molecular weight is 435 g/mol. The maximum absolute atomic E-state index is 12.1. The molecular weight excluding hydrogens is 418 g/mol. The molecule has 2 aromatic carbocycles. The number of benzene rings is 2. The third kappa shape index (κ3) is 5.92. The largest absolute Gasteiger partial charge is 0.462 e. The van der Waals surface area contributed by atoms with Gasteiger partial charge in [0, 0.05) is 24.5 Å². The molecule has 162 valence electrons. The number of esters is 2. The fraction of sp³-hybridized carbons (Fsp3) is 0.0952. The Balaban J connectivity index is 1.54. The van der Waals surface area contributed by atoms with E-state index < -0.39 is 16.9 Å². The van der Waals surface area contributed by atoms with Gasteiger partial charge in [0.05, 0.1) is 28.9 Å². The summed E-state index contributed by atoms with van der Waals surface area (Å²) in [6.07, 6.45) is 4.17. The van der Waals surface area contributed by atoms with Gasteiger partial charge in [-0.1, -0.05) is 0 Å². The van der Waals surface area contributed by atoms with Crippen LogP contribution in [0.15, 0.2) is 66.0 Å². The lowest BCUT2D eigenvalue weighted by Gasteiger charge is -2.04. The van der Waals surface area contributed by atoms with E-state index in [2.05, 4.69) is 20.5 Å². The number of aromatic nitrogens is 2. The van der Waals surface area contributed by atoms with Gasteiger partial charge >= 0.3 is 11.9 Å². The van der Waals surface area contributed by atoms with Gasteiger partial charge in [-0.05, 0) is 48.9 Å². The summed E-state index contributed by atoms with van der Waals surface area (Å²) in [6, 6.07) is 11.6. The topological polar surface area (TPSA) is 146 Å². The van der Waals surface area contributed by atoms with Crippen molar-refractivity contribution in [3.8, 4) is 5.75 Å². The Hall–Kier alpha value is -4.67. The number of nitrogens with one attached hydrogen (secondary N) is 1. The molecule has 0 fully saturated rings. The van der Waals surface area contributed by atoms with Crippen LogP contribution in [0.1, 0.15) is 33.2 Å². The number of nitro groups is 1. The van der Waals surface area contributed by atoms with Crippen LogP contribution in [0.5, 0.6) is 5.75 Å². The quantitative estimate of drug-likeness (QED) is 0.185. The second-order valence-electron chi connectivity index (χ2n) is 6.15. The molecule has 1 heterocycles. The predicted octanol–water partition coefficient (Wildman–Crippen LogP) is 3.23. The summed E-state index contributed by atoms with van der Waals surface area (Å²) in [5.41, 5.74) is 3.66. The van der Waals surface area contributed by atoms with Gasteiger partial charge < -0.3 is 9.47 Å². The summed E-state index contributed by atoms with van der Waals surface area (Å²) >= 11 is 0. The number of carbonyl (C=O) groups excluding carboxylic acids is 2. The minimum absolute atomic E-state index is 0.112. The van der Waals surface area contributed by atoms with Gasteiger partial charge in [-0.25, -0.2) is 25.0 Å². The highest BCUT2D eigenvalue weighted by Gasteiger charge is 2.11. The summed E-state index contributed by atoms with van der Waals surface area (Å²) in [5.74, 6) is -0.636. The van der Waals surface area contributed by atoms with E-state index in [1.165, 1.54) is 42.9 Å². The lowest BCUT2D eigenvalue weighted by Crippen LogP contribution is -2.08. The molecule has 0 bridgehead atoms. The third-order valence-corrected chi connectivity index (χ3v) is 3.95. The summed E-state index contributed by atoms with van der Waals surface area (Å²) in [4.78, 5) is 41.8. The maximum atomic E-state index is 12.1. The van der Waals surface area contributed by atoms with E-state index in [4.69, 9.17) is 9.47 Å². The van der Waals surface area contributed by atoms with E-state index in [0.717, 1.165) is 0 Å². The first kappa shape index (κ1) is 22.0. The van der Waals surface area contributed by atoms with Crippen molar-refractivity contribution in [3.05, 3.63) is 87.7 Å². The van der Waals surface area contributed by atoms with Gasteiger partial charge in [0.2, 0.25) is 5.95 Å². The van der Waals surface area contributed by atoms with Crippen molar-refractivity contribution >= 4 is 29.8 Å². The molecule has 0 atom stereocenters. The molecule has 11 nitrogen and oxygen atoms in total. The monoisotopic (exact) mass is 435 g/mol. The molecule has 3 aromatic rings. The first-order chi connectivity index (χ1) is 15.5. The van der Waals surface area contributed by atoms with Gasteiger partial charge in [-0.3, -0.25) is 10.1 Å². The molecule has 0 saturated carbocycles. The average Bonchev–Trinajstić information content (AvgIpc) is 2.81. The van der Waals surface area contributed by atoms with Crippen LogP contribution in [-0.2, 0) is 4.74 Å². The minimum atomic E-state index is -0.633. The Morgan fingerprint density at radius 1 is 1.03 bits per heavy atom. The number of non-ortho nitro benzene ring substituents is 1. The van der Waals surface area contributed by atoms with Crippen molar-refractivity contribution in [2.24, 2.45) is 5.10 Å². The van der Waals surface area contributed by atoms with Gasteiger partial charge in [-0.2, -0.15) is 5.10 Å². The molecule has 3 rings (SSSR count). The molecule has 0 radical (unpaired) electrons. The Morgan fingerprint density at radius 3 is 2.28 bits per heavy atom. The number of anilines is 1. The highest BCUT2D eigenvalue weighted by Crippen LogP contribution is 2.16. The second-order valence-corrected chi connectivity index (χ2v) is 6.15. The number of carbonyl (C=O) groups is 2. The molecule has 0 amide bonds. The molecule has 32 heavy (non-hydrogen) atoms. The number of hydrogen-bond acceptors (Lipinski definition) is 10. The molecule has 1 N–H and O–H groups in total. The fourth-order valence-corrected chi connectivity index (χ4v) is 2.38. The van der Waals surface area contributed by atoms with Crippen molar-refractivity contribution in [3.63, 3.8) is 0 Å². The predicted molar refractivity (Wildman–Crippen MR) is 114 cm³/mol. The Morgan fingerprint density at radius 2 is 1.69 bits per heavy atom. The fourth-order valence-electron chi connectivity index (χ4n) is 2.38. The zero-order valence-corrected chi connectivity index (χ0v) is 16.8. The van der Waals surface area contributed by atoms with Crippen molar-refractivity contribution in [1.82, 2.24) is 9.97 Å². The molecule has 0 saturated heterocycles. The van der Waals surface area contributed by atoms with Crippen molar-refractivity contribution in [2.75, 3.05) is 12.0 Å². The van der Waals surface area contributed by atoms with E-state index in [0.29, 0.717) is 11.3 Å². The van der Waals surface area contributed by atoms with Crippen LogP contribution in [0.2, 0.25) is 0 Å². The summed E-state index contributed by atoms with van der Waals surface area (Å²) in [7, 11) is 0. The molecule has 0 aliphatic carbocycles. The molecule has 0 aliphatic rings. The molecule has 0 spiro atoms. The van der Waals surface area contributed by atoms with E-state index in [1.807, 2.05) is 0 Å². The highest BCUT2D eigenvalue weighted by atomic mass is 16.6. The van der Waals surface area contributed by atoms with Crippen LogP contribution >= 0.6 is 0 Å². The second kappa shape index (κ2) is 10.4. The third-order valence-electron chi connectivity index (χ3n) is 3.95. The lowest BCUT2D eigenvalue weighted by atomic mass is 10.2. The van der Waals surface area contributed by atoms with Gasteiger partial charge in [-0.15, -0.1) is 0 Å². The Labute approximate surface area is 181 Å². The van der Waals surface area contributed by atoms with E-state index in [-0.39, 0.29) is 29.4 Å². The smallest absolute Gasteiger partial charge is 0.343 e. The van der Waals surface area contributed by atoms with Crippen LogP contribution in [0.25, 0.3) is 0 Å². The van der Waals surface area contributed by atoms with E-state index in [1.54, 1.807) is 31.2 Å². The highest BCUT2D eigenvalue weighted by molar-refractivity contribution is 5.91. The first-order valence-corrected chi connectivity index (χ1v) is 9.31. The molecule has 0 unspecified atom stereocenters. The first-order valence-electron chi connectivity index (χ1n) is 9.31. The van der Waals surface area contributed by atoms with Crippen LogP contribution in [0.3, 0.4) is 0 Å². The SMILES string of the molecule is CCOC(=O)c1cnc(N/N=C/c2ccc(OC(=O)c3ccc([N+](=O)[O-])cc3)cc2)nc1. The summed E-state index contributed by atoms with van der Waals surface area (Å²) < 4.78 is 10.1. The summed E-state index contributed by atoms with van der Waals surface area (Å²) in [5, 5.41) is 14.7. The van der Waals surface area contributed by atoms with Crippen molar-refractivity contribution < 1.29 is 24.0 Å². The van der Waals surface area contributed by atoms with Gasteiger partial charge in [0.15, 0.2) is 0 Å². The van der Waals surface area contributed by atoms with Crippen molar-refractivity contribution in [2.45, 2.75) is 6.92 Å². The van der Waals surface area contributed by atoms with E-state index in [9.17, 15) is 19.7 Å². The number of nitrogens with zero attached hydrogens (tertiary/aromatic N) is 4. The molecule has 11 heteroatoms. The van der Waals surface area contributed by atoms with Crippen LogP contribution in [-0.4, -0.2) is 39.7 Å². The number of ether oxygens (including phenoxy) is 2. The standard InChI is InChI=1S/C21H17N5O6/c1-2-31-19(27)16-12-22-21(23-13-16)25-24-11-14-3-9-18(10-4-14)32-20(28)15-5-7-17(8-6-15)26(29)30/h3-13H,2H2,1H3,(H,22,23,25)/b24-11+. The minimum Gasteiger partial charge on any atom is -0.462 e. The van der Waals surface area contributed by atoms with Crippen LogP contribution < -0.4 is 10.2 Å². The lowest BCUT2D eigenvalue weighted by molar-refractivity contribution is -0.384. The molecule has 1 aromatic heterocycles. The zero-order valence-electron chi connectivity index (χ0n) is 16.8. The van der Waals surface area contributed by atoms with Crippen LogP contribution in [0.4, 0.5) is 11.6 Å². The van der Waals surface area contributed by atoms with Crippen molar-refractivity contribution in [1.29, 1.82) is 0 Å². The normalized spacial score (nSPS) is 10.5. The Kier molecular flexibility index (Phi) is 7.15. The molecular formula is C21H17N5O6. The molecule has 0 aliphatic heterocycles. The summed E-state index contributed by atoms with van der Waals surface area (Å²) in [6.45, 7) is 1.97. The number of hydrazone groups is 1. The zero-order chi connectivity index (χ0) is 22.9. The number of rotatable bonds is 8. The maximum Gasteiger partial charge on any atom is 0.343 e. The Bertz CT molecular complexity index is 1130. The number of hydrogen-bond donors (Lipinski definition) is 1. The van der Waals surface area contributed by atoms with Gasteiger partial charge in [0.1, 0.15) is 5.75 Å². The number of nitro benzene ring substituents is 1. The van der Waals surface area contributed by atoms with Gasteiger partial charge in [0.25, 0.3) is 5.69 Å². The van der Waals surface area contributed by atoms with E-state index >= 15 is 0 Å².